The zero-order chi connectivity index (χ0) is 23.3. The predicted octanol–water partition coefficient (Wildman–Crippen LogP) is 3.59. The fourth-order valence-electron chi connectivity index (χ4n) is 9.00. The summed E-state index contributed by atoms with van der Waals surface area (Å²) < 4.78 is 0. The summed E-state index contributed by atoms with van der Waals surface area (Å²) in [6.45, 7) is 6.83. The maximum atomic E-state index is 12.0. The molecule has 4 N–H and O–H groups in total. The van der Waals surface area contributed by atoms with Crippen molar-refractivity contribution >= 4 is 11.9 Å². The highest BCUT2D eigenvalue weighted by molar-refractivity contribution is 5.81. The molecule has 0 aromatic heterocycles. The van der Waals surface area contributed by atoms with E-state index in [2.05, 4.69) is 26.1 Å². The largest absolute Gasteiger partial charge is 0.480 e. The molecule has 0 bridgehead atoms. The van der Waals surface area contributed by atoms with Crippen LogP contribution in [0.15, 0.2) is 0 Å². The molecule has 0 heterocycles. The van der Waals surface area contributed by atoms with Crippen molar-refractivity contribution < 1.29 is 24.9 Å². The monoisotopic (exact) mass is 449 g/mol. The van der Waals surface area contributed by atoms with Crippen molar-refractivity contribution in [2.75, 3.05) is 6.54 Å². The Balaban J connectivity index is 1.44. The van der Waals surface area contributed by atoms with Crippen molar-refractivity contribution in [3.05, 3.63) is 0 Å². The summed E-state index contributed by atoms with van der Waals surface area (Å²) in [5.41, 5.74) is 0.451. The van der Waals surface area contributed by atoms with E-state index in [-0.39, 0.29) is 35.5 Å². The minimum Gasteiger partial charge on any atom is -0.480 e. The number of nitrogens with one attached hydrogen (secondary N) is 1. The molecule has 6 nitrogen and oxygen atoms in total. The molecule has 4 rings (SSSR count). The molecule has 4 aliphatic rings. The third-order valence-corrected chi connectivity index (χ3v) is 10.7. The molecule has 6 heteroatoms. The summed E-state index contributed by atoms with van der Waals surface area (Å²) in [5, 5.41) is 32.8. The van der Waals surface area contributed by atoms with E-state index in [1.54, 1.807) is 0 Å². The highest BCUT2D eigenvalue weighted by atomic mass is 16.4. The molecular formula is C26H43NO5. The standard InChI is InChI=1S/C26H43NO5/c1-15(4-7-22(30)27-14-23(31)32)18-5-6-19-24-20(9-11-26(18,19)3)25(2)10-8-17(28)12-16(25)13-21(24)29/h15-21,24,28-29H,4-14H2,1-3H3,(H,27,30)(H,31,32)/t15?,16?,17?,18?,19?,20?,21?,24?,25-,26+/m0/s1. The van der Waals surface area contributed by atoms with Crippen LogP contribution in [0.1, 0.15) is 85.0 Å². The first kappa shape index (κ1) is 24.0. The van der Waals surface area contributed by atoms with Gasteiger partial charge in [0, 0.05) is 6.42 Å². The van der Waals surface area contributed by atoms with Gasteiger partial charge in [0.05, 0.1) is 12.2 Å². The number of aliphatic hydroxyl groups is 2. The van der Waals surface area contributed by atoms with Crippen molar-refractivity contribution in [2.24, 2.45) is 46.3 Å². The first-order valence-electron chi connectivity index (χ1n) is 12.9. The van der Waals surface area contributed by atoms with Crippen LogP contribution in [-0.4, -0.2) is 45.9 Å². The second-order valence-electron chi connectivity index (χ2n) is 12.1. The SMILES string of the molecule is CC(CCC(=O)NCC(=O)O)C1CCC2C3C(O)CC4CC(O)CC[C@]4(C)C3CC[C@]12C. The maximum Gasteiger partial charge on any atom is 0.322 e. The van der Waals surface area contributed by atoms with Gasteiger partial charge in [0.1, 0.15) is 6.54 Å². The van der Waals surface area contributed by atoms with Gasteiger partial charge in [-0.15, -0.1) is 0 Å². The lowest BCUT2D eigenvalue weighted by Crippen LogP contribution is -2.58. The molecule has 4 saturated carbocycles. The number of amides is 1. The summed E-state index contributed by atoms with van der Waals surface area (Å²) in [5.74, 6) is 1.66. The molecule has 8 unspecified atom stereocenters. The maximum absolute atomic E-state index is 12.0. The summed E-state index contributed by atoms with van der Waals surface area (Å²) in [4.78, 5) is 22.7. The Morgan fingerprint density at radius 3 is 2.41 bits per heavy atom. The van der Waals surface area contributed by atoms with E-state index < -0.39 is 5.97 Å². The van der Waals surface area contributed by atoms with Gasteiger partial charge in [-0.25, -0.2) is 0 Å². The van der Waals surface area contributed by atoms with Gasteiger partial charge in [0.2, 0.25) is 5.91 Å². The Hall–Kier alpha value is -1.14. The lowest BCUT2D eigenvalue weighted by Gasteiger charge is -2.62. The number of carboxylic acid groups (broad SMARTS) is 1. The molecule has 10 atom stereocenters. The molecule has 4 fully saturated rings. The predicted molar refractivity (Wildman–Crippen MR) is 122 cm³/mol. The third-order valence-electron chi connectivity index (χ3n) is 10.7. The minimum atomic E-state index is -1.01. The van der Waals surface area contributed by atoms with Gasteiger partial charge in [-0.05, 0) is 104 Å². The second kappa shape index (κ2) is 8.90. The van der Waals surface area contributed by atoms with E-state index in [0.29, 0.717) is 41.9 Å². The van der Waals surface area contributed by atoms with E-state index in [4.69, 9.17) is 5.11 Å². The lowest BCUT2D eigenvalue weighted by molar-refractivity contribution is -0.174. The van der Waals surface area contributed by atoms with Crippen LogP contribution in [0.2, 0.25) is 0 Å². The van der Waals surface area contributed by atoms with Gasteiger partial charge < -0.3 is 20.6 Å². The van der Waals surface area contributed by atoms with Crippen LogP contribution in [0, 0.1) is 46.3 Å². The Labute approximate surface area is 192 Å². The first-order valence-corrected chi connectivity index (χ1v) is 12.9. The van der Waals surface area contributed by atoms with Crippen molar-refractivity contribution in [1.29, 1.82) is 0 Å². The number of rotatable bonds is 6. The van der Waals surface area contributed by atoms with Gasteiger partial charge in [-0.3, -0.25) is 9.59 Å². The Kier molecular flexibility index (Phi) is 6.68. The van der Waals surface area contributed by atoms with Crippen LogP contribution < -0.4 is 5.32 Å². The number of carbonyl (C=O) groups is 2. The third kappa shape index (κ3) is 4.11. The molecule has 182 valence electrons. The number of carbonyl (C=O) groups excluding carboxylic acids is 1. The fourth-order valence-corrected chi connectivity index (χ4v) is 9.00. The Morgan fingerprint density at radius 1 is 1.00 bits per heavy atom. The van der Waals surface area contributed by atoms with Gasteiger partial charge >= 0.3 is 5.97 Å². The summed E-state index contributed by atoms with van der Waals surface area (Å²) >= 11 is 0. The minimum absolute atomic E-state index is 0.177. The van der Waals surface area contributed by atoms with E-state index in [0.717, 1.165) is 44.9 Å². The van der Waals surface area contributed by atoms with Gasteiger partial charge in [-0.2, -0.15) is 0 Å². The van der Waals surface area contributed by atoms with Crippen LogP contribution in [0.25, 0.3) is 0 Å². The summed E-state index contributed by atoms with van der Waals surface area (Å²) in [6.07, 6.45) is 9.06. The zero-order valence-corrected chi connectivity index (χ0v) is 20.1. The van der Waals surface area contributed by atoms with Crippen LogP contribution in [0.5, 0.6) is 0 Å². The van der Waals surface area contributed by atoms with Crippen molar-refractivity contribution in [3.63, 3.8) is 0 Å². The van der Waals surface area contributed by atoms with E-state index in [1.165, 1.54) is 12.8 Å². The van der Waals surface area contributed by atoms with Gasteiger partial charge in [0.25, 0.3) is 0 Å². The smallest absolute Gasteiger partial charge is 0.322 e. The molecule has 1 amide bonds. The van der Waals surface area contributed by atoms with E-state index >= 15 is 0 Å². The number of hydrogen-bond donors (Lipinski definition) is 4. The Morgan fingerprint density at radius 2 is 1.69 bits per heavy atom. The highest BCUT2D eigenvalue weighted by Gasteiger charge is 2.62. The molecule has 32 heavy (non-hydrogen) atoms. The average molecular weight is 450 g/mol. The quantitative estimate of drug-likeness (QED) is 0.496. The number of fused-ring (bicyclic) bond motifs is 5. The molecule has 4 aliphatic carbocycles. The van der Waals surface area contributed by atoms with Crippen LogP contribution in [-0.2, 0) is 9.59 Å². The van der Waals surface area contributed by atoms with Crippen LogP contribution in [0.4, 0.5) is 0 Å². The Bertz CT molecular complexity index is 727. The van der Waals surface area contributed by atoms with Crippen LogP contribution >= 0.6 is 0 Å². The molecule has 0 aliphatic heterocycles. The normalized spacial score (nSPS) is 46.5. The molecule has 0 saturated heterocycles. The lowest BCUT2D eigenvalue weighted by atomic mass is 9.43. The summed E-state index contributed by atoms with van der Waals surface area (Å²) in [7, 11) is 0. The number of hydrogen-bond acceptors (Lipinski definition) is 4. The van der Waals surface area contributed by atoms with Gasteiger partial charge in [0.15, 0.2) is 0 Å². The van der Waals surface area contributed by atoms with Crippen molar-refractivity contribution in [3.8, 4) is 0 Å². The highest BCUT2D eigenvalue weighted by Crippen LogP contribution is 2.68. The molecule has 0 aromatic rings. The number of carboxylic acids is 1. The second-order valence-corrected chi connectivity index (χ2v) is 12.1. The van der Waals surface area contributed by atoms with Crippen LogP contribution in [0.3, 0.4) is 0 Å². The molecule has 0 spiro atoms. The van der Waals surface area contributed by atoms with Crippen molar-refractivity contribution in [1.82, 2.24) is 5.32 Å². The zero-order valence-electron chi connectivity index (χ0n) is 20.1. The summed E-state index contributed by atoms with van der Waals surface area (Å²) in [6, 6.07) is 0. The number of aliphatic hydroxyl groups excluding tert-OH is 2. The molecular weight excluding hydrogens is 406 g/mol. The topological polar surface area (TPSA) is 107 Å². The van der Waals surface area contributed by atoms with E-state index in [9.17, 15) is 19.8 Å². The number of aliphatic carboxylic acids is 1. The molecule has 0 aromatic carbocycles. The van der Waals surface area contributed by atoms with E-state index in [1.807, 2.05) is 0 Å². The fraction of sp³-hybridized carbons (Fsp3) is 0.923. The van der Waals surface area contributed by atoms with Crippen molar-refractivity contribution in [2.45, 2.75) is 97.2 Å². The molecule has 0 radical (unpaired) electrons. The first-order chi connectivity index (χ1) is 15.1. The van der Waals surface area contributed by atoms with Gasteiger partial charge in [-0.1, -0.05) is 20.8 Å². The average Bonchev–Trinajstić information content (AvgIpc) is 3.09.